The maximum absolute atomic E-state index is 9.30. The second-order valence-electron chi connectivity index (χ2n) is 3.56. The Kier molecular flexibility index (Phi) is 5.24. The Labute approximate surface area is 123 Å². The molecule has 0 aliphatic rings. The predicted octanol–water partition coefficient (Wildman–Crippen LogP) is 4.56. The van der Waals surface area contributed by atoms with E-state index in [-0.39, 0.29) is 0 Å². The van der Waals surface area contributed by atoms with Gasteiger partial charge in [0.2, 0.25) is 0 Å². The van der Waals surface area contributed by atoms with Crippen molar-refractivity contribution in [3.63, 3.8) is 0 Å². The molecule has 0 bridgehead atoms. The molecule has 1 heterocycles. The first-order chi connectivity index (χ1) is 8.86. The summed E-state index contributed by atoms with van der Waals surface area (Å²) in [5.41, 5.74) is 1.78. The molecule has 0 amide bonds. The number of thioether (sulfide) groups is 1. The van der Waals surface area contributed by atoms with Crippen LogP contribution in [0, 0.1) is 11.3 Å². The van der Waals surface area contributed by atoms with Crippen LogP contribution in [0.3, 0.4) is 0 Å². The Morgan fingerprint density at radius 3 is 2.78 bits per heavy atom. The van der Waals surface area contributed by atoms with Gasteiger partial charge in [0.05, 0.1) is 4.88 Å². The van der Waals surface area contributed by atoms with Crippen molar-refractivity contribution in [2.24, 2.45) is 0 Å². The van der Waals surface area contributed by atoms with Gasteiger partial charge in [-0.3, -0.25) is 0 Å². The molecule has 5 heteroatoms. The smallest absolute Gasteiger partial charge is 0.128 e. The third kappa shape index (κ3) is 3.14. The summed E-state index contributed by atoms with van der Waals surface area (Å²) >= 11 is 6.47. The maximum Gasteiger partial charge on any atom is 0.128 e. The monoisotopic (exact) mass is 338 g/mol. The van der Waals surface area contributed by atoms with Crippen molar-refractivity contribution in [1.29, 1.82) is 5.26 Å². The lowest BCUT2D eigenvalue weighted by Gasteiger charge is -1.98. The van der Waals surface area contributed by atoms with Crippen molar-refractivity contribution in [2.75, 3.05) is 11.1 Å². The second-order valence-corrected chi connectivity index (χ2v) is 6.21. The molecule has 0 atom stereocenters. The zero-order valence-corrected chi connectivity index (χ0v) is 12.8. The molecular weight excluding hydrogens is 328 g/mol. The number of nitrogens with zero attached hydrogens (tertiary/aromatic N) is 2. The van der Waals surface area contributed by atoms with Gasteiger partial charge in [0.1, 0.15) is 16.7 Å². The summed E-state index contributed by atoms with van der Waals surface area (Å²) in [6.07, 6.45) is 1.08. The fraction of sp³-hybridized carbons (Fsp3) is 0.231. The maximum atomic E-state index is 9.30. The minimum atomic E-state index is 0.714. The molecule has 1 aromatic heterocycles. The van der Waals surface area contributed by atoms with E-state index in [2.05, 4.69) is 26.4 Å². The van der Waals surface area contributed by atoms with Gasteiger partial charge in [-0.25, -0.2) is 0 Å². The molecule has 18 heavy (non-hydrogen) atoms. The van der Waals surface area contributed by atoms with Gasteiger partial charge in [-0.05, 0) is 23.5 Å². The molecule has 2 aromatic rings. The first-order valence-corrected chi connectivity index (χ1v) is 8.39. The zero-order valence-electron chi connectivity index (χ0n) is 9.60. The first-order valence-electron chi connectivity index (χ1n) is 5.50. The minimum absolute atomic E-state index is 0.714. The molecular formula is C13H11BrN2S2. The van der Waals surface area contributed by atoms with Crippen LogP contribution in [0.2, 0.25) is 0 Å². The highest BCUT2D eigenvalue weighted by atomic mass is 79.9. The van der Waals surface area contributed by atoms with Crippen LogP contribution in [0.1, 0.15) is 12.0 Å². The third-order valence-electron chi connectivity index (χ3n) is 2.33. The summed E-state index contributed by atoms with van der Waals surface area (Å²) in [5.74, 6) is 0.984. The number of nitriles is 1. The van der Waals surface area contributed by atoms with Gasteiger partial charge in [-0.1, -0.05) is 46.3 Å². The topological polar surface area (TPSA) is 36.7 Å². The Morgan fingerprint density at radius 1 is 1.33 bits per heavy atom. The Balaban J connectivity index is 2.26. The van der Waals surface area contributed by atoms with Crippen LogP contribution >= 0.6 is 39.2 Å². The largest absolute Gasteiger partial charge is 0.192 e. The summed E-state index contributed by atoms with van der Waals surface area (Å²) in [7, 11) is 0. The number of alkyl halides is 1. The standard InChI is InChI=1S/C13H11BrN2S2/c14-7-4-8-17-13-11(9-15)12(18-16-13)10-5-2-1-3-6-10/h1-3,5-6H,4,7-8H2. The molecule has 0 N–H and O–H groups in total. The van der Waals surface area contributed by atoms with E-state index in [1.807, 2.05) is 30.3 Å². The average molecular weight is 339 g/mol. The molecule has 0 fully saturated rings. The van der Waals surface area contributed by atoms with E-state index in [9.17, 15) is 5.26 Å². The van der Waals surface area contributed by atoms with Crippen LogP contribution in [0.15, 0.2) is 35.4 Å². The van der Waals surface area contributed by atoms with E-state index in [0.717, 1.165) is 33.0 Å². The molecule has 0 saturated carbocycles. The van der Waals surface area contributed by atoms with Crippen molar-refractivity contribution in [3.05, 3.63) is 35.9 Å². The van der Waals surface area contributed by atoms with Crippen LogP contribution in [-0.4, -0.2) is 15.5 Å². The van der Waals surface area contributed by atoms with Crippen LogP contribution < -0.4 is 0 Å². The Hall–Kier alpha value is -0.830. The first kappa shape index (κ1) is 13.6. The quantitative estimate of drug-likeness (QED) is 0.455. The normalized spacial score (nSPS) is 10.2. The van der Waals surface area contributed by atoms with Gasteiger partial charge in [0, 0.05) is 11.1 Å². The number of hydrogen-bond donors (Lipinski definition) is 0. The summed E-state index contributed by atoms with van der Waals surface area (Å²) in [6.45, 7) is 0. The summed E-state index contributed by atoms with van der Waals surface area (Å²) in [5, 5.41) is 11.1. The summed E-state index contributed by atoms with van der Waals surface area (Å²) in [6, 6.07) is 12.2. The van der Waals surface area contributed by atoms with Crippen LogP contribution in [0.25, 0.3) is 10.4 Å². The zero-order chi connectivity index (χ0) is 12.8. The second kappa shape index (κ2) is 6.93. The molecule has 0 saturated heterocycles. The average Bonchev–Trinajstić information content (AvgIpc) is 2.83. The minimum Gasteiger partial charge on any atom is -0.192 e. The van der Waals surface area contributed by atoms with E-state index in [1.54, 1.807) is 11.8 Å². The van der Waals surface area contributed by atoms with Crippen LogP contribution in [-0.2, 0) is 0 Å². The lowest BCUT2D eigenvalue weighted by molar-refractivity contribution is 1.12. The lowest BCUT2D eigenvalue weighted by Crippen LogP contribution is -1.84. The number of halogens is 1. The van der Waals surface area contributed by atoms with Gasteiger partial charge >= 0.3 is 0 Å². The number of benzene rings is 1. The van der Waals surface area contributed by atoms with E-state index in [0.29, 0.717) is 5.56 Å². The highest BCUT2D eigenvalue weighted by Crippen LogP contribution is 2.34. The number of hydrogen-bond acceptors (Lipinski definition) is 4. The van der Waals surface area contributed by atoms with E-state index < -0.39 is 0 Å². The Bertz CT molecular complexity index is 546. The molecule has 2 nitrogen and oxygen atoms in total. The van der Waals surface area contributed by atoms with E-state index in [1.165, 1.54) is 11.5 Å². The van der Waals surface area contributed by atoms with Crippen molar-refractivity contribution >= 4 is 39.2 Å². The van der Waals surface area contributed by atoms with E-state index >= 15 is 0 Å². The van der Waals surface area contributed by atoms with E-state index in [4.69, 9.17) is 0 Å². The fourth-order valence-electron chi connectivity index (χ4n) is 1.48. The third-order valence-corrected chi connectivity index (χ3v) is 4.96. The highest BCUT2D eigenvalue weighted by molar-refractivity contribution is 9.09. The fourth-order valence-corrected chi connectivity index (χ4v) is 4.04. The van der Waals surface area contributed by atoms with Crippen LogP contribution in [0.5, 0.6) is 0 Å². The number of rotatable bonds is 5. The molecule has 0 spiro atoms. The van der Waals surface area contributed by atoms with Crippen LogP contribution in [0.4, 0.5) is 0 Å². The number of aromatic nitrogens is 1. The van der Waals surface area contributed by atoms with Gasteiger partial charge in [0.15, 0.2) is 0 Å². The molecule has 0 radical (unpaired) electrons. The predicted molar refractivity (Wildman–Crippen MR) is 81.4 cm³/mol. The van der Waals surface area contributed by atoms with Crippen molar-refractivity contribution < 1.29 is 0 Å². The van der Waals surface area contributed by atoms with Gasteiger partial charge in [-0.15, -0.1) is 11.8 Å². The molecule has 0 aliphatic carbocycles. The summed E-state index contributed by atoms with van der Waals surface area (Å²) in [4.78, 5) is 0.972. The molecule has 1 aromatic carbocycles. The molecule has 2 rings (SSSR count). The van der Waals surface area contributed by atoms with Gasteiger partial charge in [-0.2, -0.15) is 9.64 Å². The Morgan fingerprint density at radius 2 is 2.11 bits per heavy atom. The van der Waals surface area contributed by atoms with Gasteiger partial charge < -0.3 is 0 Å². The van der Waals surface area contributed by atoms with Crippen molar-refractivity contribution in [3.8, 4) is 16.5 Å². The van der Waals surface area contributed by atoms with Crippen molar-refractivity contribution in [2.45, 2.75) is 11.4 Å². The molecule has 0 aliphatic heterocycles. The van der Waals surface area contributed by atoms with Gasteiger partial charge in [0.25, 0.3) is 0 Å². The molecule has 92 valence electrons. The lowest BCUT2D eigenvalue weighted by atomic mass is 10.1. The van der Waals surface area contributed by atoms with Crippen molar-refractivity contribution in [1.82, 2.24) is 4.37 Å². The SMILES string of the molecule is N#Cc1c(SCCCBr)nsc1-c1ccccc1. The summed E-state index contributed by atoms with van der Waals surface area (Å²) < 4.78 is 4.40. The highest BCUT2D eigenvalue weighted by Gasteiger charge is 2.14. The molecule has 0 unspecified atom stereocenters.